The number of hydrogen-bond acceptors (Lipinski definition) is 7. The summed E-state index contributed by atoms with van der Waals surface area (Å²) in [7, 11) is 1.96. The zero-order valence-corrected chi connectivity index (χ0v) is 26.8. The fourth-order valence-electron chi connectivity index (χ4n) is 5.71. The van der Waals surface area contributed by atoms with Gasteiger partial charge in [0.1, 0.15) is 5.60 Å². The molecular formula is C31H48ClN7O4. The van der Waals surface area contributed by atoms with Gasteiger partial charge >= 0.3 is 12.2 Å². The third-order valence-electron chi connectivity index (χ3n) is 8.20. The molecule has 3 N–H and O–H groups in total. The minimum Gasteiger partial charge on any atom is -0.465 e. The molecular weight excluding hydrogens is 570 g/mol. The SMILES string of the molecule is Cn1ncc(-c2nc(N[C@H]3CC[C@H](N(CCCCCCCNC(=O)OC(C)(C)C)C(=O)O)CC3)ncc2Cl)c1CC1CC1. The lowest BCUT2D eigenvalue weighted by Gasteiger charge is -2.35. The lowest BCUT2D eigenvalue weighted by atomic mass is 9.90. The van der Waals surface area contributed by atoms with E-state index < -0.39 is 11.7 Å². The number of anilines is 1. The van der Waals surface area contributed by atoms with Crippen molar-refractivity contribution in [3.63, 3.8) is 0 Å². The van der Waals surface area contributed by atoms with Crippen molar-refractivity contribution in [3.8, 4) is 11.3 Å². The summed E-state index contributed by atoms with van der Waals surface area (Å²) in [5.41, 5.74) is 2.32. The fourth-order valence-corrected chi connectivity index (χ4v) is 5.91. The van der Waals surface area contributed by atoms with Gasteiger partial charge in [-0.1, -0.05) is 30.9 Å². The molecule has 2 fully saturated rings. The van der Waals surface area contributed by atoms with Gasteiger partial charge in [-0.05, 0) is 84.5 Å². The van der Waals surface area contributed by atoms with Crippen LogP contribution >= 0.6 is 11.6 Å². The molecule has 11 nitrogen and oxygen atoms in total. The zero-order chi connectivity index (χ0) is 31.0. The van der Waals surface area contributed by atoms with Crippen molar-refractivity contribution in [2.24, 2.45) is 13.0 Å². The molecule has 2 aromatic heterocycles. The number of carboxylic acid groups (broad SMARTS) is 1. The molecule has 12 heteroatoms. The molecule has 2 aromatic rings. The van der Waals surface area contributed by atoms with Crippen LogP contribution in [0.3, 0.4) is 0 Å². The van der Waals surface area contributed by atoms with E-state index in [1.54, 1.807) is 11.1 Å². The number of aromatic nitrogens is 4. The van der Waals surface area contributed by atoms with E-state index in [4.69, 9.17) is 21.3 Å². The Bertz CT molecular complexity index is 1220. The largest absolute Gasteiger partial charge is 0.465 e. The standard InChI is InChI=1S/C31H48ClN7O4/c1-31(2,3)43-29(40)33-16-8-6-5-7-9-17-39(30(41)42)23-14-12-22(13-15-23)36-28-34-20-25(32)27(37-28)24-19-35-38(4)26(24)18-21-10-11-21/h19-23H,5-18H2,1-4H3,(H,33,40)(H,41,42)(H,34,36,37)/t22-,23-. The van der Waals surface area contributed by atoms with Gasteiger partial charge in [-0.3, -0.25) is 4.68 Å². The second-order valence-corrected chi connectivity index (χ2v) is 13.4. The quantitative estimate of drug-likeness (QED) is 0.200. The van der Waals surface area contributed by atoms with E-state index in [1.807, 2.05) is 38.7 Å². The highest BCUT2D eigenvalue weighted by atomic mass is 35.5. The van der Waals surface area contributed by atoms with Crippen LogP contribution in [0.4, 0.5) is 15.5 Å². The monoisotopic (exact) mass is 617 g/mol. The molecule has 0 bridgehead atoms. The molecule has 0 radical (unpaired) electrons. The van der Waals surface area contributed by atoms with Gasteiger partial charge in [-0.15, -0.1) is 0 Å². The van der Waals surface area contributed by atoms with Crippen molar-refractivity contribution in [3.05, 3.63) is 23.1 Å². The molecule has 2 saturated carbocycles. The van der Waals surface area contributed by atoms with Gasteiger partial charge in [-0.25, -0.2) is 19.6 Å². The maximum atomic E-state index is 12.1. The molecule has 0 aliphatic heterocycles. The first-order valence-corrected chi connectivity index (χ1v) is 16.1. The van der Waals surface area contributed by atoms with E-state index in [1.165, 1.54) is 12.8 Å². The lowest BCUT2D eigenvalue weighted by molar-refractivity contribution is 0.0527. The maximum absolute atomic E-state index is 12.1. The van der Waals surface area contributed by atoms with Crippen LogP contribution in [0.15, 0.2) is 12.4 Å². The van der Waals surface area contributed by atoms with Gasteiger partial charge in [0.05, 0.1) is 23.1 Å². The van der Waals surface area contributed by atoms with Crippen molar-refractivity contribution < 1.29 is 19.4 Å². The van der Waals surface area contributed by atoms with Crippen molar-refractivity contribution in [1.82, 2.24) is 30.0 Å². The van der Waals surface area contributed by atoms with E-state index in [2.05, 4.69) is 20.7 Å². The number of unbranched alkanes of at least 4 members (excludes halogenated alkanes) is 4. The van der Waals surface area contributed by atoms with E-state index in [-0.39, 0.29) is 18.2 Å². The first-order valence-electron chi connectivity index (χ1n) is 15.8. The number of carbonyl (C=O) groups excluding carboxylic acids is 1. The number of ether oxygens (including phenoxy) is 1. The normalized spacial score (nSPS) is 18.7. The van der Waals surface area contributed by atoms with Crippen LogP contribution in [0.1, 0.15) is 97.1 Å². The van der Waals surface area contributed by atoms with Gasteiger partial charge in [0.2, 0.25) is 5.95 Å². The third kappa shape index (κ3) is 10.3. The predicted octanol–water partition coefficient (Wildman–Crippen LogP) is 6.66. The molecule has 0 aromatic carbocycles. The average Bonchev–Trinajstić information content (AvgIpc) is 3.69. The number of aryl methyl sites for hydroxylation is 1. The summed E-state index contributed by atoms with van der Waals surface area (Å²) in [6.07, 6.45) is 13.7. The number of nitrogens with one attached hydrogen (secondary N) is 2. The Balaban J connectivity index is 1.18. The van der Waals surface area contributed by atoms with Gasteiger partial charge < -0.3 is 25.4 Å². The highest BCUT2D eigenvalue weighted by Crippen LogP contribution is 2.37. The zero-order valence-electron chi connectivity index (χ0n) is 26.1. The number of nitrogens with zero attached hydrogens (tertiary/aromatic N) is 5. The Kier molecular flexibility index (Phi) is 11.5. The smallest absolute Gasteiger partial charge is 0.407 e. The van der Waals surface area contributed by atoms with Crippen LogP contribution in [0.25, 0.3) is 11.3 Å². The number of carbonyl (C=O) groups is 2. The van der Waals surface area contributed by atoms with Crippen LogP contribution in [0.5, 0.6) is 0 Å². The van der Waals surface area contributed by atoms with Crippen molar-refractivity contribution in [2.45, 2.75) is 116 Å². The summed E-state index contributed by atoms with van der Waals surface area (Å²) in [4.78, 5) is 34.6. The lowest BCUT2D eigenvalue weighted by Crippen LogP contribution is -2.44. The molecule has 0 unspecified atom stereocenters. The second kappa shape index (κ2) is 15.1. The van der Waals surface area contributed by atoms with Crippen LogP contribution < -0.4 is 10.6 Å². The minimum atomic E-state index is -0.845. The van der Waals surface area contributed by atoms with Crippen LogP contribution in [-0.4, -0.2) is 72.7 Å². The van der Waals surface area contributed by atoms with Gasteiger partial charge in [-0.2, -0.15) is 5.10 Å². The molecule has 2 amide bonds. The average molecular weight is 618 g/mol. The van der Waals surface area contributed by atoms with E-state index >= 15 is 0 Å². The number of amides is 2. The van der Waals surface area contributed by atoms with E-state index in [0.717, 1.165) is 75.5 Å². The van der Waals surface area contributed by atoms with Crippen molar-refractivity contribution in [2.75, 3.05) is 18.4 Å². The molecule has 4 rings (SSSR count). The molecule has 0 saturated heterocycles. The van der Waals surface area contributed by atoms with Crippen molar-refractivity contribution in [1.29, 1.82) is 0 Å². The number of alkyl carbamates (subject to hydrolysis) is 1. The Morgan fingerprint density at radius 3 is 2.44 bits per heavy atom. The molecule has 0 atom stereocenters. The maximum Gasteiger partial charge on any atom is 0.407 e. The number of rotatable bonds is 14. The third-order valence-corrected chi connectivity index (χ3v) is 8.48. The molecule has 0 spiro atoms. The van der Waals surface area contributed by atoms with Crippen LogP contribution in [-0.2, 0) is 18.2 Å². The minimum absolute atomic E-state index is 0.0238. The van der Waals surface area contributed by atoms with E-state index in [0.29, 0.717) is 35.7 Å². The summed E-state index contributed by atoms with van der Waals surface area (Å²) in [6, 6.07) is 0.200. The summed E-state index contributed by atoms with van der Waals surface area (Å²) >= 11 is 6.53. The number of hydrogen-bond donors (Lipinski definition) is 3. The number of halogens is 1. The Labute approximate surface area is 260 Å². The second-order valence-electron chi connectivity index (χ2n) is 13.0. The van der Waals surface area contributed by atoms with Gasteiger partial charge in [0, 0.05) is 43.5 Å². The predicted molar refractivity (Wildman–Crippen MR) is 167 cm³/mol. The first-order chi connectivity index (χ1) is 20.5. The van der Waals surface area contributed by atoms with E-state index in [9.17, 15) is 14.7 Å². The highest BCUT2D eigenvalue weighted by Gasteiger charge is 2.30. The van der Waals surface area contributed by atoms with Gasteiger partial charge in [0.15, 0.2) is 0 Å². The topological polar surface area (TPSA) is 135 Å². The summed E-state index contributed by atoms with van der Waals surface area (Å²) in [6.45, 7) is 6.66. The van der Waals surface area contributed by atoms with Crippen molar-refractivity contribution >= 4 is 29.7 Å². The highest BCUT2D eigenvalue weighted by molar-refractivity contribution is 6.33. The van der Waals surface area contributed by atoms with Gasteiger partial charge in [0.25, 0.3) is 0 Å². The summed E-state index contributed by atoms with van der Waals surface area (Å²) in [5.74, 6) is 1.26. The fraction of sp³-hybridized carbons (Fsp3) is 0.710. The molecule has 238 valence electrons. The summed E-state index contributed by atoms with van der Waals surface area (Å²) in [5, 5.41) is 21.1. The Hall–Kier alpha value is -3.08. The van der Waals surface area contributed by atoms with Crippen LogP contribution in [0.2, 0.25) is 5.02 Å². The first kappa shape index (κ1) is 32.8. The Morgan fingerprint density at radius 2 is 1.77 bits per heavy atom. The molecule has 2 heterocycles. The molecule has 2 aliphatic rings. The molecule has 43 heavy (non-hydrogen) atoms. The molecule has 2 aliphatic carbocycles. The Morgan fingerprint density at radius 1 is 1.07 bits per heavy atom. The summed E-state index contributed by atoms with van der Waals surface area (Å²) < 4.78 is 7.16. The van der Waals surface area contributed by atoms with Crippen LogP contribution in [0, 0.1) is 5.92 Å².